The van der Waals surface area contributed by atoms with E-state index < -0.39 is 0 Å². The summed E-state index contributed by atoms with van der Waals surface area (Å²) in [6.07, 6.45) is 2.51. The van der Waals surface area contributed by atoms with E-state index >= 15 is 0 Å². The molecule has 1 unspecified atom stereocenters. The summed E-state index contributed by atoms with van der Waals surface area (Å²) >= 11 is 0. The van der Waals surface area contributed by atoms with Gasteiger partial charge in [-0.25, -0.2) is 0 Å². The smallest absolute Gasteiger partial charge is 0.240 e. The van der Waals surface area contributed by atoms with Gasteiger partial charge < -0.3 is 14.6 Å². The lowest BCUT2D eigenvalue weighted by Crippen LogP contribution is -2.15. The Morgan fingerprint density at radius 2 is 2.16 bits per heavy atom. The second kappa shape index (κ2) is 4.35. The Hall–Kier alpha value is -1.88. The van der Waals surface area contributed by atoms with Crippen LogP contribution in [0.15, 0.2) is 28.8 Å². The number of para-hydroxylation sites is 1. The van der Waals surface area contributed by atoms with E-state index in [1.54, 1.807) is 0 Å². The summed E-state index contributed by atoms with van der Waals surface area (Å²) in [5.41, 5.74) is 1.14. The highest BCUT2D eigenvalue weighted by Gasteiger charge is 2.29. The molecule has 98 valence electrons. The van der Waals surface area contributed by atoms with E-state index in [4.69, 9.17) is 9.26 Å². The molecule has 1 aliphatic carbocycles. The van der Waals surface area contributed by atoms with E-state index in [9.17, 15) is 0 Å². The molecule has 0 saturated heterocycles. The van der Waals surface area contributed by atoms with Crippen LogP contribution in [0.25, 0.3) is 0 Å². The Kier molecular flexibility index (Phi) is 2.51. The van der Waals surface area contributed by atoms with Crippen LogP contribution in [0.2, 0.25) is 0 Å². The zero-order chi connectivity index (χ0) is 12.7. The van der Waals surface area contributed by atoms with E-state index in [-0.39, 0.29) is 5.92 Å². The third kappa shape index (κ3) is 2.10. The fourth-order valence-electron chi connectivity index (χ4n) is 2.38. The Morgan fingerprint density at radius 3 is 3.05 bits per heavy atom. The van der Waals surface area contributed by atoms with Crippen molar-refractivity contribution < 1.29 is 9.26 Å². The lowest BCUT2D eigenvalue weighted by atomic mass is 10.0. The van der Waals surface area contributed by atoms with Crippen molar-refractivity contribution >= 4 is 0 Å². The molecule has 2 aliphatic rings. The number of hydrogen-bond acceptors (Lipinski definition) is 5. The minimum absolute atomic E-state index is 0.0922. The van der Waals surface area contributed by atoms with Gasteiger partial charge in [0.1, 0.15) is 12.4 Å². The molecule has 1 aromatic carbocycles. The van der Waals surface area contributed by atoms with Crippen molar-refractivity contribution in [1.82, 2.24) is 15.5 Å². The monoisotopic (exact) mass is 257 g/mol. The van der Waals surface area contributed by atoms with Gasteiger partial charge in [0, 0.05) is 11.6 Å². The molecular formula is C14H15N3O2. The average molecular weight is 257 g/mol. The van der Waals surface area contributed by atoms with Crippen LogP contribution < -0.4 is 10.1 Å². The highest BCUT2D eigenvalue weighted by Crippen LogP contribution is 2.36. The normalized spacial score (nSPS) is 21.2. The highest BCUT2D eigenvalue weighted by atomic mass is 16.5. The summed E-state index contributed by atoms with van der Waals surface area (Å²) in [5.74, 6) is 2.40. The van der Waals surface area contributed by atoms with Gasteiger partial charge in [0.15, 0.2) is 5.82 Å². The van der Waals surface area contributed by atoms with Crippen LogP contribution in [0.4, 0.5) is 0 Å². The number of fused-ring (bicyclic) bond motifs is 1. The van der Waals surface area contributed by atoms with Crippen molar-refractivity contribution in [2.24, 2.45) is 0 Å². The molecule has 2 heterocycles. The summed E-state index contributed by atoms with van der Waals surface area (Å²) in [6.45, 7) is 1.25. The first-order valence-electron chi connectivity index (χ1n) is 6.68. The predicted octanol–water partition coefficient (Wildman–Crippen LogP) is 1.85. The second-order valence-electron chi connectivity index (χ2n) is 5.10. The molecule has 0 spiro atoms. The maximum absolute atomic E-state index is 5.65. The summed E-state index contributed by atoms with van der Waals surface area (Å²) in [6, 6.07) is 8.67. The highest BCUT2D eigenvalue weighted by molar-refractivity contribution is 5.42. The first-order valence-corrected chi connectivity index (χ1v) is 6.68. The second-order valence-corrected chi connectivity index (χ2v) is 5.10. The van der Waals surface area contributed by atoms with Gasteiger partial charge in [-0.05, 0) is 18.9 Å². The zero-order valence-corrected chi connectivity index (χ0v) is 10.5. The summed E-state index contributed by atoms with van der Waals surface area (Å²) in [7, 11) is 0. The van der Waals surface area contributed by atoms with Crippen LogP contribution >= 0.6 is 0 Å². The van der Waals surface area contributed by atoms with Gasteiger partial charge in [-0.3, -0.25) is 0 Å². The largest absolute Gasteiger partial charge is 0.492 e. The fraction of sp³-hybridized carbons (Fsp3) is 0.429. The molecule has 1 aromatic heterocycles. The van der Waals surface area contributed by atoms with Crippen molar-refractivity contribution in [3.63, 3.8) is 0 Å². The van der Waals surface area contributed by atoms with Crippen molar-refractivity contribution in [1.29, 1.82) is 0 Å². The molecule has 0 radical (unpaired) electrons. The Labute approximate surface area is 111 Å². The van der Waals surface area contributed by atoms with Crippen molar-refractivity contribution in [3.8, 4) is 5.75 Å². The van der Waals surface area contributed by atoms with Gasteiger partial charge in [-0.2, -0.15) is 4.98 Å². The lowest BCUT2D eigenvalue weighted by molar-refractivity contribution is 0.330. The molecule has 4 rings (SSSR count). The van der Waals surface area contributed by atoms with Crippen LogP contribution in [-0.2, 0) is 6.54 Å². The number of rotatable bonds is 4. The van der Waals surface area contributed by atoms with E-state index in [0.29, 0.717) is 25.1 Å². The van der Waals surface area contributed by atoms with Gasteiger partial charge in [-0.15, -0.1) is 0 Å². The maximum Gasteiger partial charge on any atom is 0.240 e. The molecule has 0 amide bonds. The quantitative estimate of drug-likeness (QED) is 0.905. The van der Waals surface area contributed by atoms with E-state index in [1.807, 2.05) is 18.2 Å². The summed E-state index contributed by atoms with van der Waals surface area (Å²) in [5, 5.41) is 7.46. The van der Waals surface area contributed by atoms with Crippen LogP contribution in [0, 0.1) is 0 Å². The minimum atomic E-state index is 0.0922. The molecule has 2 aromatic rings. The first-order chi connectivity index (χ1) is 9.40. The Balaban J connectivity index is 1.53. The molecule has 1 fully saturated rings. The van der Waals surface area contributed by atoms with Crippen LogP contribution in [0.3, 0.4) is 0 Å². The van der Waals surface area contributed by atoms with Gasteiger partial charge in [0.2, 0.25) is 5.89 Å². The van der Waals surface area contributed by atoms with Gasteiger partial charge in [0.25, 0.3) is 0 Å². The van der Waals surface area contributed by atoms with Crippen molar-refractivity contribution in [2.45, 2.75) is 31.3 Å². The molecule has 0 bridgehead atoms. The topological polar surface area (TPSA) is 60.2 Å². The lowest BCUT2D eigenvalue weighted by Gasteiger charge is -2.01. The minimum Gasteiger partial charge on any atom is -0.492 e. The molecule has 5 heteroatoms. The Morgan fingerprint density at radius 1 is 1.26 bits per heavy atom. The number of hydrogen-bond donors (Lipinski definition) is 1. The van der Waals surface area contributed by atoms with Gasteiger partial charge in [0.05, 0.1) is 12.5 Å². The third-order valence-corrected chi connectivity index (χ3v) is 3.61. The van der Waals surface area contributed by atoms with Crippen molar-refractivity contribution in [2.75, 3.05) is 6.61 Å². The standard InChI is InChI=1S/C14H15N3O2/c1-2-4-12-10(3-1)11(8-18-12)14-16-13(19-17-14)7-15-9-5-6-9/h1-4,9,11,15H,5-8H2. The SMILES string of the molecule is c1ccc2c(c1)OCC2c1noc(CNC2CC2)n1. The zero-order valence-electron chi connectivity index (χ0n) is 10.5. The number of nitrogens with one attached hydrogen (secondary N) is 1. The molecule has 1 N–H and O–H groups in total. The van der Waals surface area contributed by atoms with Crippen LogP contribution in [-0.4, -0.2) is 22.8 Å². The van der Waals surface area contributed by atoms with E-state index in [2.05, 4.69) is 21.5 Å². The molecule has 5 nitrogen and oxygen atoms in total. The van der Waals surface area contributed by atoms with E-state index in [0.717, 1.165) is 17.1 Å². The fourth-order valence-corrected chi connectivity index (χ4v) is 2.38. The molecular weight excluding hydrogens is 242 g/mol. The van der Waals surface area contributed by atoms with Crippen LogP contribution in [0.1, 0.15) is 36.0 Å². The summed E-state index contributed by atoms with van der Waals surface area (Å²) < 4.78 is 10.9. The summed E-state index contributed by atoms with van der Waals surface area (Å²) in [4.78, 5) is 4.47. The number of aromatic nitrogens is 2. The third-order valence-electron chi connectivity index (χ3n) is 3.61. The number of nitrogens with zero attached hydrogens (tertiary/aromatic N) is 2. The molecule has 1 atom stereocenters. The van der Waals surface area contributed by atoms with E-state index in [1.165, 1.54) is 12.8 Å². The maximum atomic E-state index is 5.65. The molecule has 1 aliphatic heterocycles. The average Bonchev–Trinajstić information content (AvgIpc) is 3.00. The predicted molar refractivity (Wildman–Crippen MR) is 67.9 cm³/mol. The van der Waals surface area contributed by atoms with Crippen LogP contribution in [0.5, 0.6) is 5.75 Å². The Bertz CT molecular complexity index is 592. The first kappa shape index (κ1) is 11.0. The number of ether oxygens (including phenoxy) is 1. The van der Waals surface area contributed by atoms with Crippen molar-refractivity contribution in [3.05, 3.63) is 41.5 Å². The van der Waals surface area contributed by atoms with Gasteiger partial charge in [-0.1, -0.05) is 23.4 Å². The van der Waals surface area contributed by atoms with Gasteiger partial charge >= 0.3 is 0 Å². The molecule has 19 heavy (non-hydrogen) atoms. The number of benzene rings is 1. The molecule has 1 saturated carbocycles.